The molecule has 1 aliphatic heterocycles. The Morgan fingerprint density at radius 3 is 2.50 bits per heavy atom. The lowest BCUT2D eigenvalue weighted by Gasteiger charge is -2.32. The molecule has 0 spiro atoms. The van der Waals surface area contributed by atoms with Crippen molar-refractivity contribution in [3.05, 3.63) is 78.1 Å². The molecule has 0 fully saturated rings. The minimum Gasteiger partial charge on any atom is -0.380 e. The molecule has 0 saturated heterocycles. The summed E-state index contributed by atoms with van der Waals surface area (Å²) in [7, 11) is 0. The zero-order chi connectivity index (χ0) is 22.7. The molecule has 8 heteroatoms. The van der Waals surface area contributed by atoms with Crippen molar-refractivity contribution in [1.82, 2.24) is 15.1 Å². The zero-order valence-corrected chi connectivity index (χ0v) is 17.8. The second-order valence-corrected chi connectivity index (χ2v) is 7.88. The van der Waals surface area contributed by atoms with Crippen molar-refractivity contribution in [2.45, 2.75) is 38.0 Å². The summed E-state index contributed by atoms with van der Waals surface area (Å²) in [4.78, 5) is 26.8. The summed E-state index contributed by atoms with van der Waals surface area (Å²) in [5, 5.41) is 27.7. The smallest absolute Gasteiger partial charge is 0.259 e. The molecule has 1 aliphatic rings. The van der Waals surface area contributed by atoms with Gasteiger partial charge in [0.15, 0.2) is 12.2 Å². The van der Waals surface area contributed by atoms with Crippen LogP contribution >= 0.6 is 0 Å². The molecule has 2 heterocycles. The lowest BCUT2D eigenvalue weighted by molar-refractivity contribution is -0.145. The normalized spacial score (nSPS) is 16.0. The van der Waals surface area contributed by atoms with Gasteiger partial charge in [-0.05, 0) is 55.2 Å². The second kappa shape index (κ2) is 9.33. The molecule has 0 unspecified atom stereocenters. The number of amides is 2. The fourth-order valence-electron chi connectivity index (χ4n) is 3.92. The van der Waals surface area contributed by atoms with Crippen molar-refractivity contribution in [3.8, 4) is 5.69 Å². The summed E-state index contributed by atoms with van der Waals surface area (Å²) in [5.41, 5.74) is 3.40. The number of para-hydroxylation sites is 1. The first-order chi connectivity index (χ1) is 15.5. The van der Waals surface area contributed by atoms with E-state index in [4.69, 9.17) is 0 Å². The van der Waals surface area contributed by atoms with E-state index in [2.05, 4.69) is 10.4 Å². The van der Waals surface area contributed by atoms with Crippen LogP contribution in [-0.4, -0.2) is 50.6 Å². The predicted octanol–water partition coefficient (Wildman–Crippen LogP) is 1.75. The van der Waals surface area contributed by atoms with Gasteiger partial charge in [0, 0.05) is 24.6 Å². The number of aliphatic hydroxyl groups is 2. The molecular formula is C24H26N4O4. The van der Waals surface area contributed by atoms with E-state index in [9.17, 15) is 19.8 Å². The summed E-state index contributed by atoms with van der Waals surface area (Å²) < 4.78 is 1.72. The number of aryl methyl sites for hydroxylation is 1. The van der Waals surface area contributed by atoms with Gasteiger partial charge in [0.2, 0.25) is 0 Å². The Kier molecular flexibility index (Phi) is 6.34. The summed E-state index contributed by atoms with van der Waals surface area (Å²) >= 11 is 0. The molecule has 32 heavy (non-hydrogen) atoms. The summed E-state index contributed by atoms with van der Waals surface area (Å²) in [6, 6.07) is 16.3. The number of carbonyl (C=O) groups is 2. The Morgan fingerprint density at radius 1 is 1.03 bits per heavy atom. The molecule has 0 radical (unpaired) electrons. The predicted molar refractivity (Wildman–Crippen MR) is 119 cm³/mol. The molecule has 3 aromatic rings. The highest BCUT2D eigenvalue weighted by atomic mass is 16.3. The van der Waals surface area contributed by atoms with Crippen molar-refractivity contribution in [1.29, 1.82) is 0 Å². The van der Waals surface area contributed by atoms with Gasteiger partial charge in [0.05, 0.1) is 11.7 Å². The molecular weight excluding hydrogens is 408 g/mol. The number of carbonyl (C=O) groups excluding carboxylic acids is 2. The highest BCUT2D eigenvalue weighted by Gasteiger charge is 2.35. The second-order valence-electron chi connectivity index (χ2n) is 7.88. The van der Waals surface area contributed by atoms with Gasteiger partial charge in [-0.1, -0.05) is 30.3 Å². The van der Waals surface area contributed by atoms with E-state index in [1.807, 2.05) is 54.7 Å². The van der Waals surface area contributed by atoms with Crippen molar-refractivity contribution in [2.75, 3.05) is 11.4 Å². The van der Waals surface area contributed by atoms with E-state index in [0.29, 0.717) is 12.2 Å². The Morgan fingerprint density at radius 2 is 1.78 bits per heavy atom. The first-order valence-corrected chi connectivity index (χ1v) is 10.6. The maximum atomic E-state index is 12.8. The Labute approximate surface area is 186 Å². The molecule has 166 valence electrons. The van der Waals surface area contributed by atoms with Gasteiger partial charge >= 0.3 is 0 Å². The fraction of sp³-hybridized carbons (Fsp3) is 0.292. The SMILES string of the molecule is C[C@@H](NC(=O)[C@H](O)[C@@H](O)C(=O)N1CCCc2ccccc21)c1ccc(-n2cccn2)cc1. The van der Waals surface area contributed by atoms with E-state index < -0.39 is 30.1 Å². The van der Waals surface area contributed by atoms with E-state index in [1.165, 1.54) is 4.90 Å². The van der Waals surface area contributed by atoms with Crippen molar-refractivity contribution in [2.24, 2.45) is 0 Å². The lowest BCUT2D eigenvalue weighted by Crippen LogP contribution is -2.52. The third kappa shape index (κ3) is 4.42. The van der Waals surface area contributed by atoms with Crippen LogP contribution in [0.3, 0.4) is 0 Å². The number of nitrogens with zero attached hydrogens (tertiary/aromatic N) is 3. The van der Waals surface area contributed by atoms with Crippen molar-refractivity contribution < 1.29 is 19.8 Å². The lowest BCUT2D eigenvalue weighted by atomic mass is 10.0. The quantitative estimate of drug-likeness (QED) is 0.548. The van der Waals surface area contributed by atoms with Gasteiger partial charge in [-0.3, -0.25) is 9.59 Å². The van der Waals surface area contributed by atoms with Crippen LogP contribution in [0.15, 0.2) is 67.0 Å². The number of hydrogen-bond acceptors (Lipinski definition) is 5. The van der Waals surface area contributed by atoms with Crippen LogP contribution in [0.25, 0.3) is 5.69 Å². The molecule has 8 nitrogen and oxygen atoms in total. The van der Waals surface area contributed by atoms with E-state index in [0.717, 1.165) is 29.7 Å². The number of anilines is 1. The summed E-state index contributed by atoms with van der Waals surface area (Å²) in [6.45, 7) is 2.20. The maximum absolute atomic E-state index is 12.8. The number of rotatable bonds is 6. The standard InChI is InChI=1S/C24H26N4O4/c1-16(17-9-11-19(12-10-17)28-15-5-13-25-28)26-23(31)21(29)22(30)24(32)27-14-4-7-18-6-2-3-8-20(18)27/h2-3,5-6,8-13,15-16,21-22,29-30H,4,7,14H2,1H3,(H,26,31)/t16-,21-,22-/m1/s1. The highest BCUT2D eigenvalue weighted by Crippen LogP contribution is 2.27. The highest BCUT2D eigenvalue weighted by molar-refractivity contribution is 6.01. The van der Waals surface area contributed by atoms with Gasteiger partial charge in [-0.25, -0.2) is 4.68 Å². The Hall–Kier alpha value is -3.49. The minimum absolute atomic E-state index is 0.429. The van der Waals surface area contributed by atoms with Gasteiger partial charge < -0.3 is 20.4 Å². The molecule has 2 amide bonds. The number of benzene rings is 2. The molecule has 1 aromatic heterocycles. The molecule has 2 aromatic carbocycles. The molecule has 0 aliphatic carbocycles. The molecule has 3 N–H and O–H groups in total. The van der Waals surface area contributed by atoms with Gasteiger partial charge in [0.1, 0.15) is 0 Å². The third-order valence-electron chi connectivity index (χ3n) is 5.72. The number of aliphatic hydroxyl groups excluding tert-OH is 2. The average molecular weight is 434 g/mol. The summed E-state index contributed by atoms with van der Waals surface area (Å²) in [6.07, 6.45) is 1.39. The maximum Gasteiger partial charge on any atom is 0.259 e. The van der Waals surface area contributed by atoms with Crippen LogP contribution in [0.4, 0.5) is 5.69 Å². The number of nitrogens with one attached hydrogen (secondary N) is 1. The number of aromatic nitrogens is 2. The van der Waals surface area contributed by atoms with Gasteiger partial charge in [-0.2, -0.15) is 5.10 Å². The largest absolute Gasteiger partial charge is 0.380 e. The van der Waals surface area contributed by atoms with Crippen molar-refractivity contribution in [3.63, 3.8) is 0 Å². The molecule has 0 bridgehead atoms. The topological polar surface area (TPSA) is 108 Å². The Bertz CT molecular complexity index is 1080. The van der Waals surface area contributed by atoms with Crippen LogP contribution in [-0.2, 0) is 16.0 Å². The fourth-order valence-corrected chi connectivity index (χ4v) is 3.92. The first-order valence-electron chi connectivity index (χ1n) is 10.6. The first kappa shape index (κ1) is 21.7. The van der Waals surface area contributed by atoms with Crippen LogP contribution < -0.4 is 10.2 Å². The van der Waals surface area contributed by atoms with Crippen LogP contribution in [0.2, 0.25) is 0 Å². The van der Waals surface area contributed by atoms with Gasteiger partial charge in [-0.15, -0.1) is 0 Å². The average Bonchev–Trinajstić information content (AvgIpc) is 3.37. The summed E-state index contributed by atoms with van der Waals surface area (Å²) in [5.74, 6) is -1.49. The van der Waals surface area contributed by atoms with E-state index in [-0.39, 0.29) is 0 Å². The third-order valence-corrected chi connectivity index (χ3v) is 5.72. The molecule has 4 rings (SSSR count). The van der Waals surface area contributed by atoms with Crippen LogP contribution in [0.1, 0.15) is 30.5 Å². The number of hydrogen-bond donors (Lipinski definition) is 3. The van der Waals surface area contributed by atoms with E-state index in [1.54, 1.807) is 23.9 Å². The van der Waals surface area contributed by atoms with Crippen LogP contribution in [0.5, 0.6) is 0 Å². The Balaban J connectivity index is 1.39. The molecule has 3 atom stereocenters. The van der Waals surface area contributed by atoms with E-state index >= 15 is 0 Å². The number of fused-ring (bicyclic) bond motifs is 1. The van der Waals surface area contributed by atoms with Crippen LogP contribution in [0, 0.1) is 0 Å². The zero-order valence-electron chi connectivity index (χ0n) is 17.8. The molecule has 0 saturated carbocycles. The minimum atomic E-state index is -1.87. The van der Waals surface area contributed by atoms with Crippen molar-refractivity contribution >= 4 is 17.5 Å². The van der Waals surface area contributed by atoms with Gasteiger partial charge in [0.25, 0.3) is 11.8 Å². The monoisotopic (exact) mass is 434 g/mol.